The predicted octanol–water partition coefficient (Wildman–Crippen LogP) is 2.44. The zero-order chi connectivity index (χ0) is 20.2. The molecule has 1 saturated carbocycles. The summed E-state index contributed by atoms with van der Waals surface area (Å²) in [6, 6.07) is -1.01. The molecule has 7 nitrogen and oxygen atoms in total. The molecule has 1 heterocycles. The molecule has 0 aromatic carbocycles. The molecule has 27 heavy (non-hydrogen) atoms. The summed E-state index contributed by atoms with van der Waals surface area (Å²) >= 11 is 0. The maximum atomic E-state index is 13.0. The first-order chi connectivity index (χ1) is 12.6. The summed E-state index contributed by atoms with van der Waals surface area (Å²) in [7, 11) is 0. The Balaban J connectivity index is 1.88. The molecule has 7 heteroatoms. The monoisotopic (exact) mass is 381 g/mol. The molecule has 0 radical (unpaired) electrons. The van der Waals surface area contributed by atoms with Crippen molar-refractivity contribution >= 4 is 17.9 Å². The van der Waals surface area contributed by atoms with Crippen molar-refractivity contribution < 1.29 is 19.1 Å². The molecule has 1 saturated heterocycles. The number of ether oxygens (including phenoxy) is 1. The summed E-state index contributed by atoms with van der Waals surface area (Å²) in [6.45, 7) is 10.5. The first-order valence-corrected chi connectivity index (χ1v) is 10.1. The molecule has 0 spiro atoms. The van der Waals surface area contributed by atoms with E-state index in [0.29, 0.717) is 12.5 Å². The van der Waals surface area contributed by atoms with E-state index in [2.05, 4.69) is 17.6 Å². The normalized spacial score (nSPS) is 24.6. The highest BCUT2D eigenvalue weighted by atomic mass is 16.5. The van der Waals surface area contributed by atoms with Gasteiger partial charge in [0.05, 0.1) is 0 Å². The zero-order valence-corrected chi connectivity index (χ0v) is 17.3. The third-order valence-corrected chi connectivity index (χ3v) is 5.45. The van der Waals surface area contributed by atoms with Gasteiger partial charge in [0.25, 0.3) is 0 Å². The van der Waals surface area contributed by atoms with Crippen LogP contribution in [0.1, 0.15) is 66.7 Å². The number of hydrogen-bond acceptors (Lipinski definition) is 4. The molecule has 2 N–H and O–H groups in total. The van der Waals surface area contributed by atoms with E-state index < -0.39 is 23.5 Å². The van der Waals surface area contributed by atoms with Crippen LogP contribution < -0.4 is 10.6 Å². The molecule has 0 aromatic heterocycles. The Bertz CT molecular complexity index is 552. The number of carbonyl (C=O) groups is 3. The minimum absolute atomic E-state index is 0.0232. The van der Waals surface area contributed by atoms with Gasteiger partial charge in [-0.1, -0.05) is 27.7 Å². The lowest BCUT2D eigenvalue weighted by Crippen LogP contribution is -2.57. The Morgan fingerprint density at radius 2 is 1.78 bits per heavy atom. The largest absolute Gasteiger partial charge is 0.461 e. The van der Waals surface area contributed by atoms with Crippen molar-refractivity contribution in [3.05, 3.63) is 0 Å². The summed E-state index contributed by atoms with van der Waals surface area (Å²) in [5, 5.41) is 5.30. The second-order valence-electron chi connectivity index (χ2n) is 9.20. The first-order valence-electron chi connectivity index (χ1n) is 10.1. The number of likely N-dealkylation sites (tertiary alicyclic amines) is 1. The highest BCUT2D eigenvalue weighted by Gasteiger charge is 2.40. The van der Waals surface area contributed by atoms with Crippen LogP contribution in [0.4, 0.5) is 4.79 Å². The molecule has 3 amide bonds. The molecule has 3 atom stereocenters. The fourth-order valence-electron chi connectivity index (χ4n) is 3.99. The quantitative estimate of drug-likeness (QED) is 0.716. The van der Waals surface area contributed by atoms with Gasteiger partial charge >= 0.3 is 12.0 Å². The molecule has 154 valence electrons. The lowest BCUT2D eigenvalue weighted by atomic mass is 9.85. The fraction of sp³-hybridized carbons (Fsp3) is 0.850. The van der Waals surface area contributed by atoms with Gasteiger partial charge in [-0.3, -0.25) is 9.59 Å². The van der Waals surface area contributed by atoms with Crippen molar-refractivity contribution in [3.63, 3.8) is 0 Å². The SMILES string of the molecule is C[C@@H]1C[C@@H](C)N(C(=O)C(NC(=O)NCC(=O)OC2CCCC2)C(C)(C)C)C1. The molecule has 2 fully saturated rings. The Hall–Kier alpha value is -1.79. The van der Waals surface area contributed by atoms with Crippen LogP contribution in [0.3, 0.4) is 0 Å². The summed E-state index contributed by atoms with van der Waals surface area (Å²) < 4.78 is 5.33. The number of amides is 3. The van der Waals surface area contributed by atoms with Gasteiger partial charge in [0.2, 0.25) is 5.91 Å². The lowest BCUT2D eigenvalue weighted by molar-refractivity contribution is -0.147. The van der Waals surface area contributed by atoms with Crippen LogP contribution in [0.2, 0.25) is 0 Å². The molecule has 0 aromatic rings. The minimum atomic E-state index is -0.656. The summed E-state index contributed by atoms with van der Waals surface area (Å²) in [5.41, 5.74) is -0.440. The van der Waals surface area contributed by atoms with Crippen molar-refractivity contribution in [2.75, 3.05) is 13.1 Å². The Labute approximate surface area is 162 Å². The van der Waals surface area contributed by atoms with Gasteiger partial charge in [-0.25, -0.2) is 4.79 Å². The molecule has 2 rings (SSSR count). The van der Waals surface area contributed by atoms with Gasteiger partial charge in [-0.15, -0.1) is 0 Å². The molecule has 2 aliphatic rings. The predicted molar refractivity (Wildman–Crippen MR) is 103 cm³/mol. The van der Waals surface area contributed by atoms with Crippen molar-refractivity contribution in [1.29, 1.82) is 0 Å². The van der Waals surface area contributed by atoms with E-state index >= 15 is 0 Å². The molecule has 1 aliphatic carbocycles. The van der Waals surface area contributed by atoms with Crippen LogP contribution in [-0.4, -0.2) is 54.1 Å². The molecular weight excluding hydrogens is 346 g/mol. The maximum absolute atomic E-state index is 13.0. The Kier molecular flexibility index (Phi) is 7.12. The number of rotatable bonds is 5. The second kappa shape index (κ2) is 8.93. The number of esters is 1. The van der Waals surface area contributed by atoms with Gasteiger partial charge in [0, 0.05) is 12.6 Å². The van der Waals surface area contributed by atoms with E-state index in [9.17, 15) is 14.4 Å². The number of urea groups is 1. The standard InChI is InChI=1S/C20H35N3O4/c1-13-10-14(2)23(12-13)18(25)17(20(3,4)5)22-19(26)21-11-16(24)27-15-8-6-7-9-15/h13-15,17H,6-12H2,1-5H3,(H2,21,22,26)/t13-,14-,17?/m1/s1. The smallest absolute Gasteiger partial charge is 0.325 e. The van der Waals surface area contributed by atoms with E-state index in [1.54, 1.807) is 0 Å². The van der Waals surface area contributed by atoms with E-state index in [-0.39, 0.29) is 24.6 Å². The van der Waals surface area contributed by atoms with Crippen molar-refractivity contribution in [3.8, 4) is 0 Å². The third kappa shape index (κ3) is 6.11. The van der Waals surface area contributed by atoms with Crippen LogP contribution in [0.5, 0.6) is 0 Å². The average molecular weight is 382 g/mol. The van der Waals surface area contributed by atoms with E-state index in [1.807, 2.05) is 32.6 Å². The third-order valence-electron chi connectivity index (χ3n) is 5.45. The van der Waals surface area contributed by atoms with Gasteiger partial charge < -0.3 is 20.3 Å². The summed E-state index contributed by atoms with van der Waals surface area (Å²) in [5.74, 6) is -0.0375. The number of nitrogens with one attached hydrogen (secondary N) is 2. The van der Waals surface area contributed by atoms with Crippen molar-refractivity contribution in [2.24, 2.45) is 11.3 Å². The Morgan fingerprint density at radius 1 is 1.15 bits per heavy atom. The number of nitrogens with zero attached hydrogens (tertiary/aromatic N) is 1. The van der Waals surface area contributed by atoms with Crippen LogP contribution in [-0.2, 0) is 14.3 Å². The molecular formula is C20H35N3O4. The molecule has 0 bridgehead atoms. The highest BCUT2D eigenvalue weighted by Crippen LogP contribution is 2.27. The Morgan fingerprint density at radius 3 is 2.30 bits per heavy atom. The summed E-state index contributed by atoms with van der Waals surface area (Å²) in [6.07, 6.45) is 4.89. The fourth-order valence-corrected chi connectivity index (χ4v) is 3.99. The van der Waals surface area contributed by atoms with E-state index in [0.717, 1.165) is 32.1 Å². The average Bonchev–Trinajstić information content (AvgIpc) is 3.18. The number of hydrogen-bond donors (Lipinski definition) is 2. The van der Waals surface area contributed by atoms with Gasteiger partial charge in [-0.05, 0) is 50.4 Å². The van der Waals surface area contributed by atoms with Gasteiger partial charge in [-0.2, -0.15) is 0 Å². The summed E-state index contributed by atoms with van der Waals surface area (Å²) in [4.78, 5) is 39.1. The van der Waals surface area contributed by atoms with Crippen LogP contribution in [0.25, 0.3) is 0 Å². The van der Waals surface area contributed by atoms with E-state index in [1.165, 1.54) is 0 Å². The topological polar surface area (TPSA) is 87.7 Å². The first kappa shape index (κ1) is 21.5. The van der Waals surface area contributed by atoms with Crippen LogP contribution in [0.15, 0.2) is 0 Å². The van der Waals surface area contributed by atoms with Crippen molar-refractivity contribution in [1.82, 2.24) is 15.5 Å². The zero-order valence-electron chi connectivity index (χ0n) is 17.3. The number of carbonyl (C=O) groups excluding carboxylic acids is 3. The molecule has 1 unspecified atom stereocenters. The van der Waals surface area contributed by atoms with Crippen molar-refractivity contribution in [2.45, 2.75) is 84.9 Å². The second-order valence-corrected chi connectivity index (χ2v) is 9.20. The minimum Gasteiger partial charge on any atom is -0.461 e. The van der Waals surface area contributed by atoms with E-state index in [4.69, 9.17) is 4.74 Å². The molecule has 1 aliphatic heterocycles. The van der Waals surface area contributed by atoms with Gasteiger partial charge in [0.15, 0.2) is 0 Å². The lowest BCUT2D eigenvalue weighted by Gasteiger charge is -2.35. The highest BCUT2D eigenvalue weighted by molar-refractivity contribution is 5.89. The van der Waals surface area contributed by atoms with Crippen LogP contribution in [0, 0.1) is 11.3 Å². The van der Waals surface area contributed by atoms with Gasteiger partial charge in [0.1, 0.15) is 18.7 Å². The maximum Gasteiger partial charge on any atom is 0.325 e. The van der Waals surface area contributed by atoms with Crippen LogP contribution >= 0.6 is 0 Å².